The summed E-state index contributed by atoms with van der Waals surface area (Å²) < 4.78 is 0. The van der Waals surface area contributed by atoms with Crippen molar-refractivity contribution in [2.24, 2.45) is 0 Å². The zero-order valence-corrected chi connectivity index (χ0v) is 14.3. The van der Waals surface area contributed by atoms with E-state index in [1.54, 1.807) is 36.7 Å². The van der Waals surface area contributed by atoms with Gasteiger partial charge in [-0.05, 0) is 31.2 Å². The average Bonchev–Trinajstić information content (AvgIpc) is 2.67. The fraction of sp³-hybridized carbons (Fsp3) is 0.176. The molecular weight excluding hydrogens is 356 g/mol. The molecule has 0 bridgehead atoms. The van der Waals surface area contributed by atoms with Crippen LogP contribution in [0.15, 0.2) is 49.1 Å². The van der Waals surface area contributed by atoms with Gasteiger partial charge in [0.15, 0.2) is 0 Å². The largest absolute Gasteiger partial charge is 0.473 e. The molecule has 0 fully saturated rings. The van der Waals surface area contributed by atoms with Crippen LogP contribution in [0.2, 0.25) is 0 Å². The highest BCUT2D eigenvalue weighted by Gasteiger charge is 2.11. The van der Waals surface area contributed by atoms with E-state index in [0.29, 0.717) is 17.7 Å². The Morgan fingerprint density at radius 3 is 1.81 bits per heavy atom. The fourth-order valence-corrected chi connectivity index (χ4v) is 1.70. The summed E-state index contributed by atoms with van der Waals surface area (Å²) in [5.74, 6) is -4.08. The summed E-state index contributed by atoms with van der Waals surface area (Å²) in [6.45, 7) is 2.15. The molecule has 0 saturated heterocycles. The Bertz CT molecular complexity index is 771. The zero-order chi connectivity index (χ0) is 20.2. The molecule has 2 rings (SSSR count). The molecule has 2 heterocycles. The lowest BCUT2D eigenvalue weighted by Crippen LogP contribution is -2.41. The van der Waals surface area contributed by atoms with Crippen LogP contribution in [0, 0.1) is 0 Å². The SMILES string of the molecule is CC(CNC(=O)c1cccnc1)NC(=O)c1cccnc1.O=C(O)C(=O)O. The van der Waals surface area contributed by atoms with E-state index in [9.17, 15) is 9.59 Å². The van der Waals surface area contributed by atoms with E-state index in [2.05, 4.69) is 20.6 Å². The molecule has 2 aromatic rings. The van der Waals surface area contributed by atoms with Crippen molar-refractivity contribution < 1.29 is 29.4 Å². The van der Waals surface area contributed by atoms with E-state index in [1.165, 1.54) is 12.4 Å². The number of carbonyl (C=O) groups is 4. The quantitative estimate of drug-likeness (QED) is 0.539. The number of pyridine rings is 2. The number of nitrogens with zero attached hydrogens (tertiary/aromatic N) is 2. The van der Waals surface area contributed by atoms with E-state index in [-0.39, 0.29) is 17.9 Å². The first-order valence-corrected chi connectivity index (χ1v) is 7.66. The molecule has 0 radical (unpaired) electrons. The number of nitrogens with one attached hydrogen (secondary N) is 2. The van der Waals surface area contributed by atoms with E-state index in [4.69, 9.17) is 19.8 Å². The molecule has 10 nitrogen and oxygen atoms in total. The van der Waals surface area contributed by atoms with Gasteiger partial charge in [0.25, 0.3) is 11.8 Å². The number of aromatic nitrogens is 2. The normalized spacial score (nSPS) is 10.6. The summed E-state index contributed by atoms with van der Waals surface area (Å²) in [4.78, 5) is 49.7. The van der Waals surface area contributed by atoms with Gasteiger partial charge in [-0.3, -0.25) is 19.6 Å². The van der Waals surface area contributed by atoms with Crippen LogP contribution >= 0.6 is 0 Å². The number of rotatable bonds is 5. The van der Waals surface area contributed by atoms with Gasteiger partial charge in [0.2, 0.25) is 0 Å². The van der Waals surface area contributed by atoms with Crippen molar-refractivity contribution in [1.82, 2.24) is 20.6 Å². The monoisotopic (exact) mass is 374 g/mol. The minimum absolute atomic E-state index is 0.196. The summed E-state index contributed by atoms with van der Waals surface area (Å²) in [7, 11) is 0. The summed E-state index contributed by atoms with van der Waals surface area (Å²) in [5.41, 5.74) is 0.978. The molecule has 27 heavy (non-hydrogen) atoms. The van der Waals surface area contributed by atoms with Crippen LogP contribution in [0.5, 0.6) is 0 Å². The highest BCUT2D eigenvalue weighted by molar-refractivity contribution is 6.27. The number of amides is 2. The number of carboxylic acids is 2. The second kappa shape index (κ2) is 10.9. The first-order chi connectivity index (χ1) is 12.8. The summed E-state index contributed by atoms with van der Waals surface area (Å²) in [5, 5.41) is 20.3. The summed E-state index contributed by atoms with van der Waals surface area (Å²) in [6.07, 6.45) is 6.20. The highest BCUT2D eigenvalue weighted by atomic mass is 16.4. The molecule has 1 unspecified atom stereocenters. The molecule has 4 N–H and O–H groups in total. The first-order valence-electron chi connectivity index (χ1n) is 7.66. The van der Waals surface area contributed by atoms with Gasteiger partial charge in [-0.15, -0.1) is 0 Å². The molecule has 0 aromatic carbocycles. The molecule has 0 aliphatic rings. The second-order valence-electron chi connectivity index (χ2n) is 5.18. The Labute approximate surface area is 154 Å². The molecule has 0 spiro atoms. The maximum Gasteiger partial charge on any atom is 0.414 e. The van der Waals surface area contributed by atoms with E-state index < -0.39 is 11.9 Å². The maximum atomic E-state index is 11.9. The average molecular weight is 374 g/mol. The topological polar surface area (TPSA) is 159 Å². The van der Waals surface area contributed by atoms with E-state index in [1.807, 2.05) is 6.92 Å². The third-order valence-electron chi connectivity index (χ3n) is 2.98. The number of carbonyl (C=O) groups excluding carboxylic acids is 2. The number of carboxylic acid groups (broad SMARTS) is 2. The van der Waals surface area contributed by atoms with Crippen molar-refractivity contribution >= 4 is 23.8 Å². The Balaban J connectivity index is 0.000000527. The van der Waals surface area contributed by atoms with E-state index >= 15 is 0 Å². The van der Waals surface area contributed by atoms with Crippen molar-refractivity contribution in [3.63, 3.8) is 0 Å². The van der Waals surface area contributed by atoms with Gasteiger partial charge in [-0.2, -0.15) is 0 Å². The number of hydrogen-bond donors (Lipinski definition) is 4. The Kier molecular flexibility index (Phi) is 8.59. The van der Waals surface area contributed by atoms with Gasteiger partial charge >= 0.3 is 11.9 Å². The van der Waals surface area contributed by atoms with Crippen molar-refractivity contribution in [1.29, 1.82) is 0 Å². The Hall–Kier alpha value is -3.82. The molecular formula is C17H18N4O6. The van der Waals surface area contributed by atoms with Gasteiger partial charge in [0.1, 0.15) is 0 Å². The van der Waals surface area contributed by atoms with Crippen molar-refractivity contribution in [3.8, 4) is 0 Å². The van der Waals surface area contributed by atoms with Gasteiger partial charge < -0.3 is 20.8 Å². The van der Waals surface area contributed by atoms with Crippen molar-refractivity contribution in [2.45, 2.75) is 13.0 Å². The smallest absolute Gasteiger partial charge is 0.414 e. The predicted molar refractivity (Wildman–Crippen MR) is 93.0 cm³/mol. The molecule has 2 aromatic heterocycles. The second-order valence-corrected chi connectivity index (χ2v) is 5.18. The van der Waals surface area contributed by atoms with Crippen LogP contribution in [0.25, 0.3) is 0 Å². The lowest BCUT2D eigenvalue weighted by Gasteiger charge is -2.14. The Morgan fingerprint density at radius 2 is 1.41 bits per heavy atom. The molecule has 142 valence electrons. The van der Waals surface area contributed by atoms with Crippen LogP contribution in [-0.2, 0) is 9.59 Å². The minimum Gasteiger partial charge on any atom is -0.473 e. The zero-order valence-electron chi connectivity index (χ0n) is 14.3. The standard InChI is InChI=1S/C15H16N4O2.C2H2O4/c1-11(19-15(21)13-5-3-7-17-10-13)8-18-14(20)12-4-2-6-16-9-12;3-1(4)2(5)6/h2-7,9-11H,8H2,1H3,(H,18,20)(H,19,21);(H,3,4)(H,5,6). The lowest BCUT2D eigenvalue weighted by atomic mass is 10.2. The van der Waals surface area contributed by atoms with Crippen LogP contribution in [-0.4, -0.2) is 56.5 Å². The van der Waals surface area contributed by atoms with E-state index in [0.717, 1.165) is 0 Å². The van der Waals surface area contributed by atoms with Gasteiger partial charge in [0.05, 0.1) is 11.1 Å². The minimum atomic E-state index is -1.82. The van der Waals surface area contributed by atoms with Crippen LogP contribution < -0.4 is 10.6 Å². The lowest BCUT2D eigenvalue weighted by molar-refractivity contribution is -0.159. The van der Waals surface area contributed by atoms with Crippen molar-refractivity contribution in [3.05, 3.63) is 60.2 Å². The molecule has 0 saturated carbocycles. The van der Waals surface area contributed by atoms with Crippen molar-refractivity contribution in [2.75, 3.05) is 6.54 Å². The molecule has 1 atom stereocenters. The molecule has 0 aliphatic carbocycles. The third kappa shape index (κ3) is 8.20. The fourth-order valence-electron chi connectivity index (χ4n) is 1.70. The van der Waals surface area contributed by atoms with Crippen LogP contribution in [0.4, 0.5) is 0 Å². The summed E-state index contributed by atoms with van der Waals surface area (Å²) in [6, 6.07) is 6.56. The van der Waals surface area contributed by atoms with Crippen LogP contribution in [0.3, 0.4) is 0 Å². The number of aliphatic carboxylic acids is 2. The van der Waals surface area contributed by atoms with Gasteiger partial charge in [0, 0.05) is 37.4 Å². The maximum absolute atomic E-state index is 11.9. The predicted octanol–water partition coefficient (Wildman–Crippen LogP) is 0.181. The summed E-state index contributed by atoms with van der Waals surface area (Å²) >= 11 is 0. The van der Waals surface area contributed by atoms with Crippen LogP contribution in [0.1, 0.15) is 27.6 Å². The number of hydrogen-bond acceptors (Lipinski definition) is 6. The molecule has 10 heteroatoms. The third-order valence-corrected chi connectivity index (χ3v) is 2.98. The van der Waals surface area contributed by atoms with Gasteiger partial charge in [-0.1, -0.05) is 0 Å². The molecule has 2 amide bonds. The first kappa shape index (κ1) is 21.2. The Morgan fingerprint density at radius 1 is 0.926 bits per heavy atom. The van der Waals surface area contributed by atoms with Gasteiger partial charge in [-0.25, -0.2) is 9.59 Å². The molecule has 0 aliphatic heterocycles. The highest BCUT2D eigenvalue weighted by Crippen LogP contribution is 1.97.